The Hall–Kier alpha value is -1.03. The van der Waals surface area contributed by atoms with Crippen LogP contribution in [0.1, 0.15) is 5.69 Å². The molecule has 0 aromatic carbocycles. The van der Waals surface area contributed by atoms with Gasteiger partial charge in [-0.2, -0.15) is 5.10 Å². The lowest BCUT2D eigenvalue weighted by Crippen LogP contribution is -2.12. The summed E-state index contributed by atoms with van der Waals surface area (Å²) < 4.78 is 6.98. The van der Waals surface area contributed by atoms with E-state index in [1.54, 1.807) is 4.68 Å². The average Bonchev–Trinajstić information content (AvgIpc) is 2.26. The van der Waals surface area contributed by atoms with Crippen molar-refractivity contribution in [3.05, 3.63) is 11.8 Å². The molecule has 4 nitrogen and oxygen atoms in total. The third kappa shape index (κ3) is 1.94. The number of hydrogen-bond donors (Lipinski definition) is 1. The molecule has 62 valence electrons. The highest BCUT2D eigenvalue weighted by molar-refractivity contribution is 5.14. The highest BCUT2D eigenvalue weighted by Crippen LogP contribution is 2.09. The quantitative estimate of drug-likeness (QED) is 0.671. The largest absolute Gasteiger partial charge is 0.476 e. The summed E-state index contributed by atoms with van der Waals surface area (Å²) in [7, 11) is 1.85. The monoisotopic (exact) mass is 155 g/mol. The van der Waals surface area contributed by atoms with E-state index in [1.165, 1.54) is 0 Å². The summed E-state index contributed by atoms with van der Waals surface area (Å²) in [5, 5.41) is 4.11. The second kappa shape index (κ2) is 3.39. The number of aromatic nitrogens is 2. The van der Waals surface area contributed by atoms with Crippen LogP contribution in [0.2, 0.25) is 0 Å². The van der Waals surface area contributed by atoms with E-state index in [-0.39, 0.29) is 0 Å². The molecular weight excluding hydrogens is 142 g/mol. The molecule has 0 radical (unpaired) electrons. The Labute approximate surface area is 66.0 Å². The van der Waals surface area contributed by atoms with Gasteiger partial charge in [-0.1, -0.05) is 0 Å². The molecule has 1 rings (SSSR count). The van der Waals surface area contributed by atoms with Crippen LogP contribution in [0.5, 0.6) is 5.88 Å². The maximum atomic E-state index is 5.28. The summed E-state index contributed by atoms with van der Waals surface area (Å²) in [5.74, 6) is 0.771. The van der Waals surface area contributed by atoms with Gasteiger partial charge in [-0.05, 0) is 6.92 Å². The summed E-state index contributed by atoms with van der Waals surface area (Å²) in [6.07, 6.45) is 0. The second-order valence-electron chi connectivity index (χ2n) is 2.38. The molecule has 4 heteroatoms. The SMILES string of the molecule is Cc1cc(OCCN)n(C)n1. The van der Waals surface area contributed by atoms with E-state index in [1.807, 2.05) is 20.0 Å². The van der Waals surface area contributed by atoms with Gasteiger partial charge in [0.2, 0.25) is 5.88 Å². The molecule has 0 fully saturated rings. The number of nitrogens with two attached hydrogens (primary N) is 1. The molecule has 0 saturated carbocycles. The van der Waals surface area contributed by atoms with Gasteiger partial charge in [0.1, 0.15) is 6.61 Å². The van der Waals surface area contributed by atoms with Crippen molar-refractivity contribution < 1.29 is 4.74 Å². The molecule has 0 saturated heterocycles. The number of hydrogen-bond acceptors (Lipinski definition) is 3. The first-order valence-corrected chi connectivity index (χ1v) is 3.57. The number of aryl methyl sites for hydroxylation is 2. The van der Waals surface area contributed by atoms with Gasteiger partial charge < -0.3 is 10.5 Å². The van der Waals surface area contributed by atoms with E-state index in [4.69, 9.17) is 10.5 Å². The highest BCUT2D eigenvalue weighted by atomic mass is 16.5. The zero-order chi connectivity index (χ0) is 8.27. The van der Waals surface area contributed by atoms with Crippen molar-refractivity contribution in [1.29, 1.82) is 0 Å². The molecule has 2 N–H and O–H groups in total. The molecule has 11 heavy (non-hydrogen) atoms. The summed E-state index contributed by atoms with van der Waals surface area (Å²) in [6, 6.07) is 1.88. The third-order valence-electron chi connectivity index (χ3n) is 1.33. The van der Waals surface area contributed by atoms with Crippen LogP contribution in [-0.2, 0) is 7.05 Å². The minimum absolute atomic E-state index is 0.532. The van der Waals surface area contributed by atoms with Gasteiger partial charge >= 0.3 is 0 Å². The Morgan fingerprint density at radius 3 is 2.91 bits per heavy atom. The zero-order valence-corrected chi connectivity index (χ0v) is 6.87. The van der Waals surface area contributed by atoms with Gasteiger partial charge in [0, 0.05) is 19.7 Å². The van der Waals surface area contributed by atoms with E-state index in [2.05, 4.69) is 5.10 Å². The normalized spacial score (nSPS) is 10.1. The topological polar surface area (TPSA) is 53.1 Å². The Kier molecular flexibility index (Phi) is 2.48. The van der Waals surface area contributed by atoms with Crippen molar-refractivity contribution in [2.45, 2.75) is 6.92 Å². The molecule has 0 bridgehead atoms. The molecule has 1 aromatic heterocycles. The molecule has 0 aliphatic rings. The van der Waals surface area contributed by atoms with Crippen LogP contribution in [0.4, 0.5) is 0 Å². The Morgan fingerprint density at radius 2 is 2.45 bits per heavy atom. The Balaban J connectivity index is 2.62. The highest BCUT2D eigenvalue weighted by Gasteiger charge is 2.00. The lowest BCUT2D eigenvalue weighted by atomic mass is 10.5. The molecule has 0 aliphatic heterocycles. The van der Waals surface area contributed by atoms with E-state index in [0.29, 0.717) is 13.2 Å². The zero-order valence-electron chi connectivity index (χ0n) is 6.87. The van der Waals surface area contributed by atoms with Gasteiger partial charge in [-0.25, -0.2) is 4.68 Å². The van der Waals surface area contributed by atoms with Gasteiger partial charge in [-0.3, -0.25) is 0 Å². The molecule has 0 aliphatic carbocycles. The predicted octanol–water partition coefficient (Wildman–Crippen LogP) is 0.0660. The second-order valence-corrected chi connectivity index (χ2v) is 2.38. The van der Waals surface area contributed by atoms with Gasteiger partial charge in [0.25, 0.3) is 0 Å². The summed E-state index contributed by atoms with van der Waals surface area (Å²) in [6.45, 7) is 3.00. The van der Waals surface area contributed by atoms with Crippen molar-refractivity contribution >= 4 is 0 Å². The van der Waals surface area contributed by atoms with Crippen molar-refractivity contribution in [2.75, 3.05) is 13.2 Å². The van der Waals surface area contributed by atoms with E-state index >= 15 is 0 Å². The predicted molar refractivity (Wildman–Crippen MR) is 42.5 cm³/mol. The van der Waals surface area contributed by atoms with Gasteiger partial charge in [0.05, 0.1) is 5.69 Å². The average molecular weight is 155 g/mol. The molecule has 0 atom stereocenters. The van der Waals surface area contributed by atoms with Crippen molar-refractivity contribution in [3.63, 3.8) is 0 Å². The minimum Gasteiger partial charge on any atom is -0.476 e. The van der Waals surface area contributed by atoms with Crippen LogP contribution in [0.3, 0.4) is 0 Å². The van der Waals surface area contributed by atoms with E-state index in [0.717, 1.165) is 11.6 Å². The standard InChI is InChI=1S/C7H13N3O/c1-6-5-7(10(2)9-6)11-4-3-8/h5H,3-4,8H2,1-2H3. The first-order chi connectivity index (χ1) is 5.24. The third-order valence-corrected chi connectivity index (χ3v) is 1.33. The molecular formula is C7H13N3O. The Morgan fingerprint density at radius 1 is 1.73 bits per heavy atom. The molecule has 0 amide bonds. The first-order valence-electron chi connectivity index (χ1n) is 3.57. The van der Waals surface area contributed by atoms with Gasteiger partial charge in [-0.15, -0.1) is 0 Å². The van der Waals surface area contributed by atoms with Crippen LogP contribution >= 0.6 is 0 Å². The van der Waals surface area contributed by atoms with Crippen molar-refractivity contribution in [1.82, 2.24) is 9.78 Å². The lowest BCUT2D eigenvalue weighted by Gasteiger charge is -2.02. The Bertz CT molecular complexity index is 232. The first kappa shape index (κ1) is 8.07. The van der Waals surface area contributed by atoms with Crippen LogP contribution in [0.15, 0.2) is 6.07 Å². The van der Waals surface area contributed by atoms with Gasteiger partial charge in [0.15, 0.2) is 0 Å². The fraction of sp³-hybridized carbons (Fsp3) is 0.571. The van der Waals surface area contributed by atoms with Crippen LogP contribution < -0.4 is 10.5 Å². The molecule has 1 aromatic rings. The summed E-state index contributed by atoms with van der Waals surface area (Å²) in [5.41, 5.74) is 6.24. The fourth-order valence-electron chi connectivity index (χ4n) is 0.885. The summed E-state index contributed by atoms with van der Waals surface area (Å²) >= 11 is 0. The lowest BCUT2D eigenvalue weighted by molar-refractivity contribution is 0.299. The van der Waals surface area contributed by atoms with Crippen LogP contribution in [0, 0.1) is 6.92 Å². The van der Waals surface area contributed by atoms with E-state index in [9.17, 15) is 0 Å². The minimum atomic E-state index is 0.532. The smallest absolute Gasteiger partial charge is 0.211 e. The molecule has 1 heterocycles. The van der Waals surface area contributed by atoms with Crippen LogP contribution in [-0.4, -0.2) is 22.9 Å². The maximum Gasteiger partial charge on any atom is 0.211 e. The van der Waals surface area contributed by atoms with E-state index < -0.39 is 0 Å². The van der Waals surface area contributed by atoms with Crippen molar-refractivity contribution in [2.24, 2.45) is 12.8 Å². The van der Waals surface area contributed by atoms with Crippen molar-refractivity contribution in [3.8, 4) is 5.88 Å². The number of rotatable bonds is 3. The molecule has 0 unspecified atom stereocenters. The van der Waals surface area contributed by atoms with Crippen LogP contribution in [0.25, 0.3) is 0 Å². The summed E-state index contributed by atoms with van der Waals surface area (Å²) in [4.78, 5) is 0. The molecule has 0 spiro atoms. The fourth-order valence-corrected chi connectivity index (χ4v) is 0.885. The number of ether oxygens (including phenoxy) is 1. The number of nitrogens with zero attached hydrogens (tertiary/aromatic N) is 2. The maximum absolute atomic E-state index is 5.28.